The molecule has 1 aliphatic rings. The summed E-state index contributed by atoms with van der Waals surface area (Å²) in [6.45, 7) is 4.36. The van der Waals surface area contributed by atoms with Crippen LogP contribution in [0.2, 0.25) is 0 Å². The fourth-order valence-corrected chi connectivity index (χ4v) is 13.3. The first kappa shape index (κ1) is 91.6. The van der Waals surface area contributed by atoms with Crippen LogP contribution >= 0.6 is 0 Å². The van der Waals surface area contributed by atoms with Crippen molar-refractivity contribution in [2.24, 2.45) is 0 Å². The predicted molar refractivity (Wildman–Crippen MR) is 407 cm³/mol. The van der Waals surface area contributed by atoms with Crippen LogP contribution in [0.25, 0.3) is 0 Å². The summed E-state index contributed by atoms with van der Waals surface area (Å²) >= 11 is 0. The summed E-state index contributed by atoms with van der Waals surface area (Å²) < 4.78 is 16.8. The topological polar surface area (TPSA) is 175 Å². The molecule has 0 saturated carbocycles. The maximum Gasteiger partial charge on any atom is 0.305 e. The van der Waals surface area contributed by atoms with Gasteiger partial charge in [-0.15, -0.1) is 0 Å². The van der Waals surface area contributed by atoms with Gasteiger partial charge in [-0.1, -0.05) is 364 Å². The molecule has 0 bridgehead atoms. The first-order valence-corrected chi connectivity index (χ1v) is 41.9. The van der Waals surface area contributed by atoms with Crippen LogP contribution in [0.4, 0.5) is 0 Å². The standard InChI is InChI=1S/C85H159NO10/c1-3-5-7-9-11-13-15-17-18-42-46-49-53-57-61-65-69-73-81(90)94-74-70-66-62-58-54-50-47-44-41-39-37-35-33-31-29-27-25-23-21-19-20-22-24-26-28-30-32-34-36-38-40-43-45-48-52-56-60-64-68-72-80(89)86-77(76-95-85-84(93)83(92)82(91)79(75-87)96-85)78(88)71-67-63-59-55-51-16-14-12-10-8-6-4-2/h11,13,17-20,67,71,77-79,82-85,87-88,91-93H,3-10,12,14-16,21-66,68-70,72-76H2,1-2H3,(H,86,89)/b13-11-,18-17-,20-19-,71-67+. The number of carbonyl (C=O) groups excluding carboxylic acids is 2. The lowest BCUT2D eigenvalue weighted by atomic mass is 9.99. The zero-order valence-electron chi connectivity index (χ0n) is 63.1. The van der Waals surface area contributed by atoms with E-state index in [4.69, 9.17) is 14.2 Å². The van der Waals surface area contributed by atoms with E-state index in [9.17, 15) is 35.1 Å². The summed E-state index contributed by atoms with van der Waals surface area (Å²) in [4.78, 5) is 25.2. The Balaban J connectivity index is 1.86. The van der Waals surface area contributed by atoms with Crippen LogP contribution in [0, 0.1) is 0 Å². The van der Waals surface area contributed by atoms with Crippen LogP contribution in [0.5, 0.6) is 0 Å². The highest BCUT2D eigenvalue weighted by Gasteiger charge is 2.44. The van der Waals surface area contributed by atoms with Gasteiger partial charge in [0.25, 0.3) is 0 Å². The van der Waals surface area contributed by atoms with Gasteiger partial charge in [0.05, 0.1) is 32.0 Å². The van der Waals surface area contributed by atoms with Crippen LogP contribution in [0.15, 0.2) is 48.6 Å². The lowest BCUT2D eigenvalue weighted by Crippen LogP contribution is -2.60. The first-order chi connectivity index (χ1) is 47.2. The van der Waals surface area contributed by atoms with Crippen LogP contribution in [-0.2, 0) is 23.8 Å². The Hall–Kier alpha value is -2.38. The molecule has 6 N–H and O–H groups in total. The number of aliphatic hydroxyl groups excluding tert-OH is 5. The molecule has 7 atom stereocenters. The third kappa shape index (κ3) is 61.5. The van der Waals surface area contributed by atoms with Crippen molar-refractivity contribution in [2.45, 2.75) is 461 Å². The molecule has 96 heavy (non-hydrogen) atoms. The average molecular weight is 1360 g/mol. The van der Waals surface area contributed by atoms with Crippen molar-refractivity contribution in [1.29, 1.82) is 0 Å². The highest BCUT2D eigenvalue weighted by atomic mass is 16.7. The van der Waals surface area contributed by atoms with E-state index in [1.165, 1.54) is 327 Å². The molecule has 1 heterocycles. The third-order valence-electron chi connectivity index (χ3n) is 19.9. The highest BCUT2D eigenvalue weighted by Crippen LogP contribution is 2.24. The average Bonchev–Trinajstić information content (AvgIpc) is 0.850. The molecular formula is C85H159NO10. The molecule has 564 valence electrons. The minimum Gasteiger partial charge on any atom is -0.466 e. The maximum atomic E-state index is 13.1. The van der Waals surface area contributed by atoms with Crippen molar-refractivity contribution < 1.29 is 49.3 Å². The molecule has 0 aliphatic carbocycles. The number of esters is 1. The molecule has 11 heteroatoms. The van der Waals surface area contributed by atoms with E-state index in [-0.39, 0.29) is 18.5 Å². The van der Waals surface area contributed by atoms with Crippen molar-refractivity contribution in [2.75, 3.05) is 19.8 Å². The number of hydrogen-bond donors (Lipinski definition) is 6. The molecule has 1 saturated heterocycles. The first-order valence-electron chi connectivity index (χ1n) is 41.9. The Labute approximate surface area is 593 Å². The van der Waals surface area contributed by atoms with Crippen molar-refractivity contribution in [3.8, 4) is 0 Å². The third-order valence-corrected chi connectivity index (χ3v) is 19.9. The smallest absolute Gasteiger partial charge is 0.305 e. The Morgan fingerprint density at radius 2 is 0.698 bits per heavy atom. The van der Waals surface area contributed by atoms with Gasteiger partial charge in [0.15, 0.2) is 6.29 Å². The molecule has 1 amide bonds. The zero-order valence-corrected chi connectivity index (χ0v) is 63.1. The minimum atomic E-state index is -1.57. The zero-order chi connectivity index (χ0) is 69.4. The van der Waals surface area contributed by atoms with Crippen molar-refractivity contribution in [1.82, 2.24) is 5.32 Å². The molecular weight excluding hydrogens is 1190 g/mol. The monoisotopic (exact) mass is 1350 g/mol. The number of nitrogens with one attached hydrogen (secondary N) is 1. The van der Waals surface area contributed by atoms with Gasteiger partial charge in [-0.05, 0) is 89.9 Å². The molecule has 0 radical (unpaired) electrons. The fourth-order valence-electron chi connectivity index (χ4n) is 13.3. The fraction of sp³-hybridized carbons (Fsp3) is 0.882. The molecule has 1 rings (SSSR count). The lowest BCUT2D eigenvalue weighted by molar-refractivity contribution is -0.302. The second kappa shape index (κ2) is 73.8. The van der Waals surface area contributed by atoms with Gasteiger partial charge >= 0.3 is 5.97 Å². The second-order valence-electron chi connectivity index (χ2n) is 29.2. The molecule has 0 spiro atoms. The van der Waals surface area contributed by atoms with E-state index in [0.717, 1.165) is 64.2 Å². The van der Waals surface area contributed by atoms with E-state index in [1.54, 1.807) is 6.08 Å². The Kier molecular flexibility index (Phi) is 70.5. The summed E-state index contributed by atoms with van der Waals surface area (Å²) in [5.74, 6) is -0.166. The minimum absolute atomic E-state index is 0.00944. The number of rotatable bonds is 75. The number of unbranched alkanes of at least 4 members (excludes halogenated alkanes) is 55. The van der Waals surface area contributed by atoms with E-state index < -0.39 is 49.5 Å². The molecule has 0 aromatic heterocycles. The summed E-state index contributed by atoms with van der Waals surface area (Å²) in [6, 6.07) is -0.807. The van der Waals surface area contributed by atoms with Crippen LogP contribution in [0.1, 0.15) is 418 Å². The molecule has 1 aliphatic heterocycles. The number of hydrogen-bond acceptors (Lipinski definition) is 10. The van der Waals surface area contributed by atoms with Crippen molar-refractivity contribution >= 4 is 11.9 Å². The molecule has 0 aromatic rings. The largest absolute Gasteiger partial charge is 0.466 e. The normalized spacial score (nSPS) is 17.5. The van der Waals surface area contributed by atoms with E-state index >= 15 is 0 Å². The molecule has 0 aromatic carbocycles. The second-order valence-corrected chi connectivity index (χ2v) is 29.2. The van der Waals surface area contributed by atoms with Gasteiger partial charge < -0.3 is 45.1 Å². The number of allylic oxidation sites excluding steroid dienone is 7. The lowest BCUT2D eigenvalue weighted by Gasteiger charge is -2.40. The maximum absolute atomic E-state index is 13.1. The SMILES string of the molecule is CCCCC/C=C\C/C=C\CCCCCCCCCC(=O)OCCCCCCCCCCCCCCCCCCCC/C=C\CCCCCCCCCCCCCCCCCCCC(=O)NC(COC1OC(CO)C(O)C(O)C1O)C(O)/C=C/CCCCCCCCCCCC. The van der Waals surface area contributed by atoms with Gasteiger partial charge in [-0.25, -0.2) is 0 Å². The van der Waals surface area contributed by atoms with Crippen molar-refractivity contribution in [3.63, 3.8) is 0 Å². The number of amides is 1. The number of ether oxygens (including phenoxy) is 3. The van der Waals surface area contributed by atoms with Crippen LogP contribution in [-0.4, -0.2) is 100 Å². The van der Waals surface area contributed by atoms with Crippen LogP contribution < -0.4 is 5.32 Å². The Morgan fingerprint density at radius 3 is 1.08 bits per heavy atom. The van der Waals surface area contributed by atoms with E-state index in [1.807, 2.05) is 6.08 Å². The van der Waals surface area contributed by atoms with Crippen LogP contribution in [0.3, 0.4) is 0 Å². The van der Waals surface area contributed by atoms with Gasteiger partial charge in [-0.3, -0.25) is 9.59 Å². The number of carbonyl (C=O) groups is 2. The summed E-state index contributed by atoms with van der Waals surface area (Å²) in [7, 11) is 0. The summed E-state index contributed by atoms with van der Waals surface area (Å²) in [5.41, 5.74) is 0. The number of aliphatic hydroxyl groups is 5. The Bertz CT molecular complexity index is 1740. The van der Waals surface area contributed by atoms with Gasteiger partial charge in [0, 0.05) is 12.8 Å². The predicted octanol–water partition coefficient (Wildman–Crippen LogP) is 23.0. The molecule has 11 nitrogen and oxygen atoms in total. The molecule has 1 fully saturated rings. The summed E-state index contributed by atoms with van der Waals surface area (Å²) in [6.07, 6.45) is 88.7. The van der Waals surface area contributed by atoms with E-state index in [2.05, 4.69) is 55.6 Å². The van der Waals surface area contributed by atoms with Gasteiger partial charge in [0.1, 0.15) is 24.4 Å². The highest BCUT2D eigenvalue weighted by molar-refractivity contribution is 5.76. The van der Waals surface area contributed by atoms with Crippen molar-refractivity contribution in [3.05, 3.63) is 48.6 Å². The Morgan fingerprint density at radius 1 is 0.385 bits per heavy atom. The van der Waals surface area contributed by atoms with Gasteiger partial charge in [-0.2, -0.15) is 0 Å². The molecule has 7 unspecified atom stereocenters. The summed E-state index contributed by atoms with van der Waals surface area (Å²) in [5, 5.41) is 54.5. The van der Waals surface area contributed by atoms with Gasteiger partial charge in [0.2, 0.25) is 5.91 Å². The quantitative estimate of drug-likeness (QED) is 0.0195. The van der Waals surface area contributed by atoms with E-state index in [0.29, 0.717) is 19.4 Å².